The molecule has 4 aromatic carbocycles. The van der Waals surface area contributed by atoms with Crippen LogP contribution in [0.5, 0.6) is 11.5 Å². The summed E-state index contributed by atoms with van der Waals surface area (Å²) in [5.74, 6) is -0.181. The average molecular weight is 489 g/mol. The standard InChI is InChI=1S/C28H20F3N2O3/c1-35-20-12-9-17(10-13-20)18-11-14-21-24(15-18)33(23-7-4-6-22(26(21)23)27(32)34)16-19-5-2-3-8-25(19)36-28(29,30)31/h2-13,15H,16H2,1H3,(H2,32,34). The van der Waals surface area contributed by atoms with Crippen LogP contribution in [-0.4, -0.2) is 23.9 Å². The molecule has 0 aliphatic carbocycles. The van der Waals surface area contributed by atoms with Crippen LogP contribution in [0.15, 0.2) is 78.9 Å². The van der Waals surface area contributed by atoms with Crippen LogP contribution in [0.1, 0.15) is 15.9 Å². The molecule has 8 heteroatoms. The summed E-state index contributed by atoms with van der Waals surface area (Å²) in [6.45, 7) is 0.0639. The highest BCUT2D eigenvalue weighted by atomic mass is 19.4. The van der Waals surface area contributed by atoms with E-state index in [1.807, 2.05) is 41.0 Å². The summed E-state index contributed by atoms with van der Waals surface area (Å²) in [6, 6.07) is 25.6. The van der Waals surface area contributed by atoms with Crippen LogP contribution in [0.3, 0.4) is 0 Å². The summed E-state index contributed by atoms with van der Waals surface area (Å²) >= 11 is 0. The minimum Gasteiger partial charge on any atom is -0.497 e. The van der Waals surface area contributed by atoms with Gasteiger partial charge >= 0.3 is 6.36 Å². The van der Waals surface area contributed by atoms with Gasteiger partial charge in [0, 0.05) is 21.9 Å². The largest absolute Gasteiger partial charge is 0.573 e. The number of fused-ring (bicyclic) bond motifs is 3. The molecule has 0 saturated heterocycles. The highest BCUT2D eigenvalue weighted by molar-refractivity contribution is 6.18. The van der Waals surface area contributed by atoms with Gasteiger partial charge in [0.1, 0.15) is 11.5 Å². The molecule has 1 aromatic heterocycles. The smallest absolute Gasteiger partial charge is 0.497 e. The van der Waals surface area contributed by atoms with Crippen molar-refractivity contribution in [2.45, 2.75) is 12.9 Å². The van der Waals surface area contributed by atoms with Crippen molar-refractivity contribution in [2.75, 3.05) is 7.11 Å². The molecule has 0 saturated carbocycles. The Hall–Kier alpha value is -4.46. The van der Waals surface area contributed by atoms with Crippen molar-refractivity contribution in [1.82, 2.24) is 4.57 Å². The van der Waals surface area contributed by atoms with Crippen LogP contribution in [0.4, 0.5) is 13.2 Å². The molecule has 181 valence electrons. The number of para-hydroxylation sites is 1. The molecule has 0 aliphatic rings. The first-order valence-corrected chi connectivity index (χ1v) is 11.0. The van der Waals surface area contributed by atoms with E-state index in [1.54, 1.807) is 37.4 Å². The zero-order valence-electron chi connectivity index (χ0n) is 19.1. The average Bonchev–Trinajstić information content (AvgIpc) is 3.17. The predicted octanol–water partition coefficient (Wildman–Crippen LogP) is 6.32. The van der Waals surface area contributed by atoms with Crippen LogP contribution < -0.4 is 15.2 Å². The molecule has 2 N–H and O–H groups in total. The molecule has 0 spiro atoms. The first-order chi connectivity index (χ1) is 17.2. The summed E-state index contributed by atoms with van der Waals surface area (Å²) in [5, 5.41) is 1.24. The second-order valence-corrected chi connectivity index (χ2v) is 8.18. The Balaban J connectivity index is 1.73. The van der Waals surface area contributed by atoms with Gasteiger partial charge in [-0.15, -0.1) is 13.2 Å². The number of alkyl halides is 3. The quantitative estimate of drug-likeness (QED) is 0.304. The van der Waals surface area contributed by atoms with Gasteiger partial charge in [-0.2, -0.15) is 0 Å². The molecular formula is C28H20F3N2O3. The summed E-state index contributed by atoms with van der Waals surface area (Å²) in [5.41, 5.74) is 9.37. The van der Waals surface area contributed by atoms with Crippen LogP contribution in [0.2, 0.25) is 0 Å². The molecule has 0 unspecified atom stereocenters. The van der Waals surface area contributed by atoms with Gasteiger partial charge in [-0.3, -0.25) is 4.79 Å². The lowest BCUT2D eigenvalue weighted by Gasteiger charge is -2.15. The molecule has 0 bridgehead atoms. The van der Waals surface area contributed by atoms with E-state index in [9.17, 15) is 18.0 Å². The summed E-state index contributed by atoms with van der Waals surface area (Å²) < 4.78 is 50.5. The molecule has 0 aliphatic heterocycles. The number of aromatic nitrogens is 1. The maximum absolute atomic E-state index is 13.0. The van der Waals surface area contributed by atoms with E-state index in [1.165, 1.54) is 12.1 Å². The number of hydrogen-bond donors (Lipinski definition) is 1. The number of hydrogen-bond acceptors (Lipinski definition) is 3. The molecule has 0 atom stereocenters. The summed E-state index contributed by atoms with van der Waals surface area (Å²) in [4.78, 5) is 12.2. The van der Waals surface area contributed by atoms with Crippen molar-refractivity contribution >= 4 is 27.7 Å². The van der Waals surface area contributed by atoms with Gasteiger partial charge in [-0.25, -0.2) is 0 Å². The fraction of sp³-hybridized carbons (Fsp3) is 0.107. The van der Waals surface area contributed by atoms with Gasteiger partial charge in [0.2, 0.25) is 5.91 Å². The van der Waals surface area contributed by atoms with Crippen molar-refractivity contribution < 1.29 is 27.4 Å². The third-order valence-electron chi connectivity index (χ3n) is 6.01. The Bertz CT molecular complexity index is 1590. The molecule has 1 radical (unpaired) electrons. The van der Waals surface area contributed by atoms with Gasteiger partial charge < -0.3 is 19.8 Å². The van der Waals surface area contributed by atoms with Crippen molar-refractivity contribution in [3.8, 4) is 22.6 Å². The molecule has 1 heterocycles. The van der Waals surface area contributed by atoms with E-state index in [0.29, 0.717) is 38.7 Å². The van der Waals surface area contributed by atoms with E-state index in [0.717, 1.165) is 11.1 Å². The number of benzene rings is 4. The zero-order chi connectivity index (χ0) is 25.4. The first kappa shape index (κ1) is 23.3. The van der Waals surface area contributed by atoms with Crippen LogP contribution in [-0.2, 0) is 6.54 Å². The maximum atomic E-state index is 13.0. The Labute approximate surface area is 204 Å². The van der Waals surface area contributed by atoms with Crippen molar-refractivity contribution in [3.63, 3.8) is 0 Å². The lowest BCUT2D eigenvalue weighted by atomic mass is 10.0. The predicted molar refractivity (Wildman–Crippen MR) is 131 cm³/mol. The molecule has 36 heavy (non-hydrogen) atoms. The third-order valence-corrected chi connectivity index (χ3v) is 6.01. The number of ether oxygens (including phenoxy) is 2. The molecule has 5 rings (SSSR count). The number of nitrogens with zero attached hydrogens (tertiary/aromatic N) is 1. The van der Waals surface area contributed by atoms with Crippen molar-refractivity contribution in [1.29, 1.82) is 0 Å². The van der Waals surface area contributed by atoms with Gasteiger partial charge in [0.05, 0.1) is 24.7 Å². The van der Waals surface area contributed by atoms with Gasteiger partial charge in [0.25, 0.3) is 0 Å². The second-order valence-electron chi connectivity index (χ2n) is 8.18. The zero-order valence-corrected chi connectivity index (χ0v) is 19.1. The molecule has 0 fully saturated rings. The normalized spacial score (nSPS) is 11.7. The van der Waals surface area contributed by atoms with E-state index >= 15 is 0 Å². The SMILES string of the molecule is COc1ccc(-c2c[c]c3c4c(C(N)=O)cccc4n(Cc4ccccc4OC(F)(F)F)c3c2)cc1. The lowest BCUT2D eigenvalue weighted by molar-refractivity contribution is -0.274. The summed E-state index contributed by atoms with van der Waals surface area (Å²) in [7, 11) is 1.59. The minimum absolute atomic E-state index is 0.0639. The number of nitrogens with two attached hydrogens (primary N) is 1. The highest BCUT2D eigenvalue weighted by Gasteiger charge is 2.32. The Morgan fingerprint density at radius 2 is 1.72 bits per heavy atom. The van der Waals surface area contributed by atoms with Crippen molar-refractivity contribution in [2.24, 2.45) is 5.73 Å². The van der Waals surface area contributed by atoms with Crippen LogP contribution in [0.25, 0.3) is 32.9 Å². The van der Waals surface area contributed by atoms with E-state index in [4.69, 9.17) is 10.5 Å². The molecule has 5 aromatic rings. The fourth-order valence-electron chi connectivity index (χ4n) is 4.41. The molecule has 5 nitrogen and oxygen atoms in total. The fourth-order valence-corrected chi connectivity index (χ4v) is 4.41. The third kappa shape index (κ3) is 4.33. The first-order valence-electron chi connectivity index (χ1n) is 11.0. The summed E-state index contributed by atoms with van der Waals surface area (Å²) in [6.07, 6.45) is -4.83. The number of methoxy groups -OCH3 is 1. The number of rotatable bonds is 6. The van der Waals surface area contributed by atoms with Crippen molar-refractivity contribution in [3.05, 3.63) is 96.1 Å². The Kier molecular flexibility index (Phi) is 5.80. The maximum Gasteiger partial charge on any atom is 0.573 e. The molecular weight excluding hydrogens is 469 g/mol. The van der Waals surface area contributed by atoms with Gasteiger partial charge in [-0.05, 0) is 59.7 Å². The van der Waals surface area contributed by atoms with Crippen LogP contribution >= 0.6 is 0 Å². The number of halogens is 3. The van der Waals surface area contributed by atoms with Crippen LogP contribution in [0, 0.1) is 6.07 Å². The number of amides is 1. The van der Waals surface area contributed by atoms with Gasteiger partial charge in [0.15, 0.2) is 0 Å². The number of carbonyl (C=O) groups excluding carboxylic acids is 1. The Morgan fingerprint density at radius 1 is 0.972 bits per heavy atom. The Morgan fingerprint density at radius 3 is 2.42 bits per heavy atom. The lowest BCUT2D eigenvalue weighted by Crippen LogP contribution is -2.18. The van der Waals surface area contributed by atoms with E-state index in [-0.39, 0.29) is 12.3 Å². The van der Waals surface area contributed by atoms with Gasteiger partial charge in [-0.1, -0.05) is 36.4 Å². The second kappa shape index (κ2) is 8.96. The number of carbonyl (C=O) groups is 1. The topological polar surface area (TPSA) is 66.5 Å². The molecule has 1 amide bonds. The van der Waals surface area contributed by atoms with E-state index in [2.05, 4.69) is 10.8 Å². The van der Waals surface area contributed by atoms with E-state index < -0.39 is 12.3 Å². The minimum atomic E-state index is -4.83. The highest BCUT2D eigenvalue weighted by Crippen LogP contribution is 2.36. The monoisotopic (exact) mass is 489 g/mol. The number of primary amides is 1.